The van der Waals surface area contributed by atoms with Crippen LogP contribution in [0.1, 0.15) is 24.5 Å². The third-order valence-corrected chi connectivity index (χ3v) is 6.38. The van der Waals surface area contributed by atoms with Crippen molar-refractivity contribution in [2.75, 3.05) is 5.75 Å². The molecular formula is C19H19BrN2O4S2. The second-order valence-corrected chi connectivity index (χ2v) is 9.50. The van der Waals surface area contributed by atoms with Crippen molar-refractivity contribution in [3.8, 4) is 5.75 Å². The number of hydrogen-bond donors (Lipinski definition) is 2. The number of rotatable bonds is 7. The van der Waals surface area contributed by atoms with E-state index in [0.717, 1.165) is 10.0 Å². The lowest BCUT2D eigenvalue weighted by Crippen LogP contribution is -2.45. The molecule has 1 saturated heterocycles. The van der Waals surface area contributed by atoms with Gasteiger partial charge in [-0.15, -0.1) is 0 Å². The Morgan fingerprint density at radius 2 is 1.89 bits per heavy atom. The van der Waals surface area contributed by atoms with Crippen LogP contribution < -0.4 is 14.8 Å². The molecule has 0 bridgehead atoms. The zero-order valence-electron chi connectivity index (χ0n) is 15.1. The molecule has 0 aliphatic carbocycles. The van der Waals surface area contributed by atoms with Gasteiger partial charge in [0.25, 0.3) is 5.91 Å². The van der Waals surface area contributed by atoms with Crippen molar-refractivity contribution < 1.29 is 17.4 Å². The van der Waals surface area contributed by atoms with Crippen LogP contribution in [0.5, 0.6) is 5.75 Å². The molecule has 1 aliphatic heterocycles. The SMILES string of the molecule is CCCS(=O)(=O)Oc1ccc(C2(Cc3cccc(Br)c3)NC(=S)NC2=O)cc1. The summed E-state index contributed by atoms with van der Waals surface area (Å²) in [5.41, 5.74) is 0.510. The maximum absolute atomic E-state index is 12.8. The van der Waals surface area contributed by atoms with Crippen molar-refractivity contribution in [1.29, 1.82) is 0 Å². The third kappa shape index (κ3) is 4.53. The van der Waals surface area contributed by atoms with E-state index in [-0.39, 0.29) is 22.5 Å². The quantitative estimate of drug-likeness (QED) is 0.466. The zero-order chi connectivity index (χ0) is 20.4. The van der Waals surface area contributed by atoms with Crippen LogP contribution >= 0.6 is 28.1 Å². The summed E-state index contributed by atoms with van der Waals surface area (Å²) in [5.74, 6) is -0.111. The van der Waals surface area contributed by atoms with Crippen LogP contribution in [-0.4, -0.2) is 25.2 Å². The normalized spacial score (nSPS) is 19.2. The summed E-state index contributed by atoms with van der Waals surface area (Å²) in [5, 5.41) is 5.99. The zero-order valence-corrected chi connectivity index (χ0v) is 18.3. The van der Waals surface area contributed by atoms with Gasteiger partial charge in [0.2, 0.25) is 0 Å². The molecule has 0 spiro atoms. The predicted molar refractivity (Wildman–Crippen MR) is 115 cm³/mol. The summed E-state index contributed by atoms with van der Waals surface area (Å²) >= 11 is 8.60. The summed E-state index contributed by atoms with van der Waals surface area (Å²) in [6.45, 7) is 1.77. The summed E-state index contributed by atoms with van der Waals surface area (Å²) < 4.78 is 29.7. The average molecular weight is 483 g/mol. The van der Waals surface area contributed by atoms with Crippen LogP contribution in [0.3, 0.4) is 0 Å². The molecular weight excluding hydrogens is 464 g/mol. The number of carbonyl (C=O) groups is 1. The molecule has 9 heteroatoms. The molecule has 6 nitrogen and oxygen atoms in total. The van der Waals surface area contributed by atoms with Gasteiger partial charge in [0.05, 0.1) is 5.75 Å². The minimum atomic E-state index is -3.63. The molecule has 1 fully saturated rings. The molecule has 2 aromatic rings. The van der Waals surface area contributed by atoms with Gasteiger partial charge in [0.15, 0.2) is 5.11 Å². The fourth-order valence-corrected chi connectivity index (χ4v) is 4.81. The maximum Gasteiger partial charge on any atom is 0.309 e. The number of carbonyl (C=O) groups excluding carboxylic acids is 1. The number of hydrogen-bond acceptors (Lipinski definition) is 5. The number of nitrogens with one attached hydrogen (secondary N) is 2. The summed E-state index contributed by atoms with van der Waals surface area (Å²) in [7, 11) is -3.63. The Kier molecular flexibility index (Phi) is 6.07. The summed E-state index contributed by atoms with van der Waals surface area (Å²) in [6, 6.07) is 14.1. The fourth-order valence-electron chi connectivity index (χ4n) is 3.11. The van der Waals surface area contributed by atoms with E-state index >= 15 is 0 Å². The van der Waals surface area contributed by atoms with Gasteiger partial charge in [0.1, 0.15) is 11.3 Å². The second kappa shape index (κ2) is 8.18. The van der Waals surface area contributed by atoms with Crippen molar-refractivity contribution in [1.82, 2.24) is 10.6 Å². The molecule has 0 saturated carbocycles. The Labute approximate surface area is 177 Å². The van der Waals surface area contributed by atoms with Gasteiger partial charge in [-0.05, 0) is 54.0 Å². The molecule has 1 atom stereocenters. The van der Waals surface area contributed by atoms with Gasteiger partial charge >= 0.3 is 10.1 Å². The van der Waals surface area contributed by atoms with Crippen LogP contribution in [0, 0.1) is 0 Å². The summed E-state index contributed by atoms with van der Waals surface area (Å²) in [6.07, 6.45) is 0.838. The van der Waals surface area contributed by atoms with Gasteiger partial charge in [-0.1, -0.05) is 47.1 Å². The molecule has 1 unspecified atom stereocenters. The number of amides is 1. The van der Waals surface area contributed by atoms with E-state index in [1.165, 1.54) is 0 Å². The van der Waals surface area contributed by atoms with Crippen molar-refractivity contribution in [3.05, 3.63) is 64.1 Å². The monoisotopic (exact) mass is 482 g/mol. The lowest BCUT2D eigenvalue weighted by Gasteiger charge is -2.27. The Balaban J connectivity index is 1.93. The highest BCUT2D eigenvalue weighted by molar-refractivity contribution is 9.10. The molecule has 0 aromatic heterocycles. The highest BCUT2D eigenvalue weighted by atomic mass is 79.9. The topological polar surface area (TPSA) is 84.5 Å². The second-order valence-electron chi connectivity index (χ2n) is 6.49. The molecule has 0 radical (unpaired) electrons. The lowest BCUT2D eigenvalue weighted by molar-refractivity contribution is -0.124. The molecule has 148 valence electrons. The van der Waals surface area contributed by atoms with Crippen LogP contribution in [-0.2, 0) is 26.9 Å². The van der Waals surface area contributed by atoms with E-state index < -0.39 is 15.7 Å². The Morgan fingerprint density at radius 3 is 2.46 bits per heavy atom. The number of benzene rings is 2. The Bertz CT molecular complexity index is 1010. The first-order valence-electron chi connectivity index (χ1n) is 8.65. The molecule has 2 aromatic carbocycles. The van der Waals surface area contributed by atoms with Crippen LogP contribution in [0.25, 0.3) is 0 Å². The fraction of sp³-hybridized carbons (Fsp3) is 0.263. The largest absolute Gasteiger partial charge is 0.382 e. The van der Waals surface area contributed by atoms with E-state index in [2.05, 4.69) is 26.6 Å². The van der Waals surface area contributed by atoms with Gasteiger partial charge < -0.3 is 14.8 Å². The summed E-state index contributed by atoms with van der Waals surface area (Å²) in [4.78, 5) is 12.8. The number of halogens is 1. The van der Waals surface area contributed by atoms with Crippen molar-refractivity contribution >= 4 is 49.3 Å². The van der Waals surface area contributed by atoms with E-state index in [4.69, 9.17) is 16.4 Å². The molecule has 3 rings (SSSR count). The highest BCUT2D eigenvalue weighted by Gasteiger charge is 2.46. The van der Waals surface area contributed by atoms with E-state index in [0.29, 0.717) is 18.4 Å². The minimum Gasteiger partial charge on any atom is -0.382 e. The first-order chi connectivity index (χ1) is 13.2. The molecule has 1 amide bonds. The standard InChI is InChI=1S/C19H19BrN2O4S2/c1-2-10-28(24,25)26-16-8-6-14(7-9-16)19(17(23)21-18(27)22-19)12-13-4-3-5-15(20)11-13/h3-9,11H,2,10,12H2,1H3,(H2,21,22,23,27). The molecule has 1 aliphatic rings. The Morgan fingerprint density at radius 1 is 1.18 bits per heavy atom. The predicted octanol–water partition coefficient (Wildman–Crippen LogP) is 3.01. The van der Waals surface area contributed by atoms with Crippen molar-refractivity contribution in [2.45, 2.75) is 25.3 Å². The Hall–Kier alpha value is -1.97. The molecule has 2 N–H and O–H groups in total. The van der Waals surface area contributed by atoms with E-state index in [1.807, 2.05) is 24.3 Å². The average Bonchev–Trinajstić information content (AvgIpc) is 2.89. The minimum absolute atomic E-state index is 0.0557. The van der Waals surface area contributed by atoms with Gasteiger partial charge in [-0.3, -0.25) is 4.79 Å². The first kappa shape index (κ1) is 20.8. The van der Waals surface area contributed by atoms with Crippen molar-refractivity contribution in [2.24, 2.45) is 0 Å². The van der Waals surface area contributed by atoms with Crippen LogP contribution in [0.4, 0.5) is 0 Å². The third-order valence-electron chi connectivity index (χ3n) is 4.32. The van der Waals surface area contributed by atoms with E-state index in [1.54, 1.807) is 31.2 Å². The number of thiocarbonyl (C=S) groups is 1. The van der Waals surface area contributed by atoms with E-state index in [9.17, 15) is 13.2 Å². The van der Waals surface area contributed by atoms with Crippen LogP contribution in [0.15, 0.2) is 53.0 Å². The maximum atomic E-state index is 12.8. The van der Waals surface area contributed by atoms with Crippen molar-refractivity contribution in [3.63, 3.8) is 0 Å². The molecule has 1 heterocycles. The van der Waals surface area contributed by atoms with Gasteiger partial charge in [-0.2, -0.15) is 8.42 Å². The van der Waals surface area contributed by atoms with Crippen LogP contribution in [0.2, 0.25) is 0 Å². The molecule has 28 heavy (non-hydrogen) atoms. The smallest absolute Gasteiger partial charge is 0.309 e. The van der Waals surface area contributed by atoms with Gasteiger partial charge in [0, 0.05) is 10.9 Å². The van der Waals surface area contributed by atoms with Gasteiger partial charge in [-0.25, -0.2) is 0 Å². The first-order valence-corrected chi connectivity index (χ1v) is 11.4. The highest BCUT2D eigenvalue weighted by Crippen LogP contribution is 2.31. The lowest BCUT2D eigenvalue weighted by atomic mass is 9.84.